The number of carbonyl (C=O) groups is 1. The predicted molar refractivity (Wildman–Crippen MR) is 57.0 cm³/mol. The molecule has 4 heteroatoms. The van der Waals surface area contributed by atoms with Crippen LogP contribution in [0.15, 0.2) is 24.3 Å². The van der Waals surface area contributed by atoms with Gasteiger partial charge in [-0.25, -0.2) is 9.18 Å². The van der Waals surface area contributed by atoms with Crippen LogP contribution in [0.2, 0.25) is 0 Å². The van der Waals surface area contributed by atoms with Crippen LogP contribution in [0.3, 0.4) is 0 Å². The molecule has 0 unspecified atom stereocenters. The van der Waals surface area contributed by atoms with E-state index < -0.39 is 0 Å². The number of carbonyl (C=O) groups excluding carboxylic acids is 1. The Morgan fingerprint density at radius 3 is 2.40 bits per heavy atom. The topological polar surface area (TPSA) is 23.6 Å². The average molecular weight is 210 g/mol. The molecule has 0 spiro atoms. The highest BCUT2D eigenvalue weighted by Crippen LogP contribution is 2.09. The molecule has 0 radical (unpaired) electrons. The third-order valence-corrected chi connectivity index (χ3v) is 2.07. The average Bonchev–Trinajstić information content (AvgIpc) is 2.20. The molecule has 3 nitrogen and oxygen atoms in total. The van der Waals surface area contributed by atoms with Crippen molar-refractivity contribution in [2.45, 2.75) is 6.54 Å². The van der Waals surface area contributed by atoms with Crippen LogP contribution in [-0.4, -0.2) is 37.0 Å². The molecule has 0 N–H and O–H groups in total. The fraction of sp³-hybridized carbons (Fsp3) is 0.364. The van der Waals surface area contributed by atoms with E-state index >= 15 is 0 Å². The molecule has 0 aromatic heterocycles. The van der Waals surface area contributed by atoms with Crippen molar-refractivity contribution in [3.63, 3.8) is 0 Å². The zero-order chi connectivity index (χ0) is 11.4. The summed E-state index contributed by atoms with van der Waals surface area (Å²) in [6, 6.07) is 6.31. The molecular formula is C11H15FN2O. The van der Waals surface area contributed by atoms with Gasteiger partial charge in [0.2, 0.25) is 0 Å². The third-order valence-electron chi connectivity index (χ3n) is 2.07. The van der Waals surface area contributed by atoms with E-state index in [9.17, 15) is 9.18 Å². The Kier molecular flexibility index (Phi) is 3.66. The van der Waals surface area contributed by atoms with E-state index in [0.29, 0.717) is 5.56 Å². The van der Waals surface area contributed by atoms with Gasteiger partial charge < -0.3 is 9.80 Å². The van der Waals surface area contributed by atoms with Crippen molar-refractivity contribution in [1.29, 1.82) is 0 Å². The van der Waals surface area contributed by atoms with Crippen molar-refractivity contribution in [3.8, 4) is 0 Å². The molecule has 0 fully saturated rings. The van der Waals surface area contributed by atoms with Crippen molar-refractivity contribution < 1.29 is 9.18 Å². The summed E-state index contributed by atoms with van der Waals surface area (Å²) in [6.07, 6.45) is 0. The summed E-state index contributed by atoms with van der Waals surface area (Å²) in [5, 5.41) is 0. The van der Waals surface area contributed by atoms with E-state index in [4.69, 9.17) is 0 Å². The van der Waals surface area contributed by atoms with Gasteiger partial charge in [-0.05, 0) is 6.07 Å². The monoisotopic (exact) mass is 210 g/mol. The van der Waals surface area contributed by atoms with Crippen molar-refractivity contribution in [2.75, 3.05) is 21.1 Å². The Morgan fingerprint density at radius 1 is 1.27 bits per heavy atom. The number of benzene rings is 1. The zero-order valence-corrected chi connectivity index (χ0v) is 9.20. The summed E-state index contributed by atoms with van der Waals surface area (Å²) in [7, 11) is 4.98. The molecule has 1 aromatic carbocycles. The lowest BCUT2D eigenvalue weighted by Gasteiger charge is -2.21. The van der Waals surface area contributed by atoms with Gasteiger partial charge in [0.25, 0.3) is 0 Å². The second-order valence-electron chi connectivity index (χ2n) is 3.62. The fourth-order valence-corrected chi connectivity index (χ4v) is 1.29. The molecule has 0 bridgehead atoms. The Balaban J connectivity index is 2.71. The number of amides is 2. The van der Waals surface area contributed by atoms with Crippen molar-refractivity contribution in [2.24, 2.45) is 0 Å². The van der Waals surface area contributed by atoms with Crippen LogP contribution in [0.5, 0.6) is 0 Å². The highest BCUT2D eigenvalue weighted by Gasteiger charge is 2.12. The normalized spacial score (nSPS) is 9.87. The first-order chi connectivity index (χ1) is 7.02. The summed E-state index contributed by atoms with van der Waals surface area (Å²) in [4.78, 5) is 14.4. The van der Waals surface area contributed by atoms with Crippen molar-refractivity contribution >= 4 is 6.03 Å². The minimum absolute atomic E-state index is 0.141. The van der Waals surface area contributed by atoms with Gasteiger partial charge in [-0.1, -0.05) is 18.2 Å². The Morgan fingerprint density at radius 2 is 1.87 bits per heavy atom. The largest absolute Gasteiger partial charge is 0.331 e. The number of hydrogen-bond donors (Lipinski definition) is 0. The van der Waals surface area contributed by atoms with E-state index in [1.54, 1.807) is 39.3 Å². The van der Waals surface area contributed by atoms with E-state index in [1.165, 1.54) is 15.9 Å². The molecule has 0 heterocycles. The molecule has 2 amide bonds. The molecule has 0 aliphatic rings. The zero-order valence-electron chi connectivity index (χ0n) is 9.20. The first-order valence-corrected chi connectivity index (χ1v) is 4.68. The molecule has 0 atom stereocenters. The lowest BCUT2D eigenvalue weighted by molar-refractivity contribution is 0.179. The second kappa shape index (κ2) is 4.77. The highest BCUT2D eigenvalue weighted by atomic mass is 19.1. The number of hydrogen-bond acceptors (Lipinski definition) is 1. The maximum absolute atomic E-state index is 13.3. The van der Waals surface area contributed by atoms with E-state index in [0.717, 1.165) is 0 Å². The molecule has 0 aliphatic heterocycles. The summed E-state index contributed by atoms with van der Waals surface area (Å²) < 4.78 is 13.3. The smallest absolute Gasteiger partial charge is 0.319 e. The molecule has 1 rings (SSSR count). The maximum Gasteiger partial charge on any atom is 0.319 e. The first-order valence-electron chi connectivity index (χ1n) is 4.68. The quantitative estimate of drug-likeness (QED) is 0.731. The van der Waals surface area contributed by atoms with E-state index in [1.807, 2.05) is 0 Å². The van der Waals surface area contributed by atoms with Crippen molar-refractivity contribution in [1.82, 2.24) is 9.80 Å². The highest BCUT2D eigenvalue weighted by molar-refractivity contribution is 5.73. The Labute approximate surface area is 89.1 Å². The predicted octanol–water partition coefficient (Wildman–Crippen LogP) is 1.94. The standard InChI is InChI=1S/C11H15FN2O/c1-13(2)11(15)14(3)8-9-6-4-5-7-10(9)12/h4-7H,8H2,1-3H3. The number of nitrogens with zero attached hydrogens (tertiary/aromatic N) is 2. The van der Waals surface area contributed by atoms with Crippen LogP contribution in [0.25, 0.3) is 0 Å². The van der Waals surface area contributed by atoms with Gasteiger partial charge in [-0.15, -0.1) is 0 Å². The van der Waals surface area contributed by atoms with Crippen molar-refractivity contribution in [3.05, 3.63) is 35.6 Å². The second-order valence-corrected chi connectivity index (χ2v) is 3.62. The molecule has 0 saturated carbocycles. The Bertz CT molecular complexity index is 352. The summed E-state index contributed by atoms with van der Waals surface area (Å²) in [5.74, 6) is -0.282. The number of rotatable bonds is 2. The minimum Gasteiger partial charge on any atom is -0.331 e. The van der Waals surface area contributed by atoms with Crippen LogP contribution in [0, 0.1) is 5.82 Å². The van der Waals surface area contributed by atoms with Gasteiger partial charge in [0.05, 0.1) is 0 Å². The molecule has 0 aliphatic carbocycles. The lowest BCUT2D eigenvalue weighted by atomic mass is 10.2. The summed E-state index contributed by atoms with van der Waals surface area (Å²) in [5.41, 5.74) is 0.523. The SMILES string of the molecule is CN(C)C(=O)N(C)Cc1ccccc1F. The molecular weight excluding hydrogens is 195 g/mol. The van der Waals surface area contributed by atoms with Gasteiger partial charge in [-0.2, -0.15) is 0 Å². The lowest BCUT2D eigenvalue weighted by Crippen LogP contribution is -2.36. The van der Waals surface area contributed by atoms with Gasteiger partial charge >= 0.3 is 6.03 Å². The van der Waals surface area contributed by atoms with Crippen LogP contribution >= 0.6 is 0 Å². The van der Waals surface area contributed by atoms with Crippen LogP contribution in [-0.2, 0) is 6.54 Å². The molecule has 1 aromatic rings. The molecule has 0 saturated heterocycles. The number of urea groups is 1. The number of halogens is 1. The van der Waals surface area contributed by atoms with Crippen LogP contribution in [0.1, 0.15) is 5.56 Å². The third kappa shape index (κ3) is 2.94. The summed E-state index contributed by atoms with van der Waals surface area (Å²) in [6.45, 7) is 0.281. The van der Waals surface area contributed by atoms with E-state index in [-0.39, 0.29) is 18.4 Å². The summed E-state index contributed by atoms with van der Waals surface area (Å²) >= 11 is 0. The first kappa shape index (κ1) is 11.5. The minimum atomic E-state index is -0.282. The van der Waals surface area contributed by atoms with Gasteiger partial charge in [0.1, 0.15) is 5.82 Å². The Hall–Kier alpha value is -1.58. The van der Waals surface area contributed by atoms with Gasteiger partial charge in [0, 0.05) is 33.3 Å². The van der Waals surface area contributed by atoms with Crippen LogP contribution in [0.4, 0.5) is 9.18 Å². The van der Waals surface area contributed by atoms with Gasteiger partial charge in [-0.3, -0.25) is 0 Å². The fourth-order valence-electron chi connectivity index (χ4n) is 1.29. The van der Waals surface area contributed by atoms with Crippen LogP contribution < -0.4 is 0 Å². The molecule has 82 valence electrons. The van der Waals surface area contributed by atoms with E-state index in [2.05, 4.69) is 0 Å². The molecule has 15 heavy (non-hydrogen) atoms. The van der Waals surface area contributed by atoms with Gasteiger partial charge in [0.15, 0.2) is 0 Å². The maximum atomic E-state index is 13.3.